The number of carbonyl (C=O) groups is 1. The van der Waals surface area contributed by atoms with E-state index in [-0.39, 0.29) is 10.5 Å². The van der Waals surface area contributed by atoms with Crippen LogP contribution in [0.5, 0.6) is 0 Å². The van der Waals surface area contributed by atoms with Crippen molar-refractivity contribution < 1.29 is 18.3 Å². The number of aromatic carboxylic acids is 1. The van der Waals surface area contributed by atoms with E-state index in [1.165, 1.54) is 19.1 Å². The zero-order valence-corrected chi connectivity index (χ0v) is 10.2. The normalized spacial score (nSPS) is 12.8. The summed E-state index contributed by atoms with van der Waals surface area (Å²) < 4.78 is 23.9. The highest BCUT2D eigenvalue weighted by molar-refractivity contribution is 7.92. The lowest BCUT2D eigenvalue weighted by Gasteiger charge is -2.09. The predicted molar refractivity (Wildman–Crippen MR) is 60.4 cm³/mol. The maximum atomic E-state index is 11.9. The summed E-state index contributed by atoms with van der Waals surface area (Å²) in [5.74, 6) is -1.20. The average molecular weight is 253 g/mol. The molecule has 0 amide bonds. The van der Waals surface area contributed by atoms with Gasteiger partial charge >= 0.3 is 5.97 Å². The zero-order chi connectivity index (χ0) is 13.2. The van der Waals surface area contributed by atoms with Crippen molar-refractivity contribution in [2.24, 2.45) is 0 Å². The molecular formula is C11H11NO4S. The Morgan fingerprint density at radius 1 is 1.47 bits per heavy atom. The number of hydrogen-bond acceptors (Lipinski definition) is 4. The van der Waals surface area contributed by atoms with Gasteiger partial charge in [0.25, 0.3) is 0 Å². The summed E-state index contributed by atoms with van der Waals surface area (Å²) >= 11 is 0. The third-order valence-electron chi connectivity index (χ3n) is 2.39. The number of carboxylic acids is 1. The van der Waals surface area contributed by atoms with E-state index in [4.69, 9.17) is 10.4 Å². The smallest absolute Gasteiger partial charge is 0.335 e. The van der Waals surface area contributed by atoms with Crippen molar-refractivity contribution in [3.8, 4) is 6.07 Å². The predicted octanol–water partition coefficient (Wildman–Crippen LogP) is 1.38. The third kappa shape index (κ3) is 2.45. The SMILES string of the molecule is Cc1ccc(C(=O)O)cc1S(=O)(=O)C(C)C#N. The largest absolute Gasteiger partial charge is 0.478 e. The number of hydrogen-bond donors (Lipinski definition) is 1. The number of sulfone groups is 1. The molecule has 1 N–H and O–H groups in total. The molecule has 0 aliphatic rings. The summed E-state index contributed by atoms with van der Waals surface area (Å²) in [5.41, 5.74) is 0.316. The van der Waals surface area contributed by atoms with E-state index in [1.807, 2.05) is 0 Å². The molecule has 0 spiro atoms. The van der Waals surface area contributed by atoms with Crippen LogP contribution in [0.2, 0.25) is 0 Å². The van der Waals surface area contributed by atoms with E-state index in [0.717, 1.165) is 6.07 Å². The molecule has 0 aliphatic carbocycles. The van der Waals surface area contributed by atoms with Gasteiger partial charge in [0.05, 0.1) is 16.5 Å². The van der Waals surface area contributed by atoms with Crippen LogP contribution in [-0.2, 0) is 9.84 Å². The van der Waals surface area contributed by atoms with Gasteiger partial charge < -0.3 is 5.11 Å². The number of nitriles is 1. The number of benzene rings is 1. The van der Waals surface area contributed by atoms with E-state index in [0.29, 0.717) is 5.56 Å². The average Bonchev–Trinajstić information content (AvgIpc) is 2.27. The second-order valence-electron chi connectivity index (χ2n) is 3.60. The summed E-state index contributed by atoms with van der Waals surface area (Å²) in [6.45, 7) is 2.82. The number of carboxylic acid groups (broad SMARTS) is 1. The van der Waals surface area contributed by atoms with Gasteiger partial charge in [-0.3, -0.25) is 0 Å². The first-order valence-corrected chi connectivity index (χ1v) is 6.32. The van der Waals surface area contributed by atoms with Crippen LogP contribution in [0.25, 0.3) is 0 Å². The van der Waals surface area contributed by atoms with Crippen LogP contribution in [0.4, 0.5) is 0 Å². The highest BCUT2D eigenvalue weighted by atomic mass is 32.2. The molecule has 6 heteroatoms. The second kappa shape index (κ2) is 4.55. The molecule has 0 fully saturated rings. The van der Waals surface area contributed by atoms with Crippen molar-refractivity contribution >= 4 is 15.8 Å². The zero-order valence-electron chi connectivity index (χ0n) is 9.34. The standard InChI is InChI=1S/C11H11NO4S/c1-7-3-4-9(11(13)14)5-10(7)17(15,16)8(2)6-12/h3-5,8H,1-2H3,(H,13,14). The Labute approximate surface area is 99.2 Å². The van der Waals surface area contributed by atoms with Crippen molar-refractivity contribution in [2.45, 2.75) is 24.0 Å². The van der Waals surface area contributed by atoms with Gasteiger partial charge in [0.1, 0.15) is 5.25 Å². The van der Waals surface area contributed by atoms with Gasteiger partial charge in [0.2, 0.25) is 0 Å². The molecule has 0 radical (unpaired) electrons. The van der Waals surface area contributed by atoms with E-state index in [2.05, 4.69) is 0 Å². The molecule has 0 bridgehead atoms. The van der Waals surface area contributed by atoms with E-state index < -0.39 is 21.1 Å². The highest BCUT2D eigenvalue weighted by Gasteiger charge is 2.25. The molecule has 0 aromatic heterocycles. The van der Waals surface area contributed by atoms with Crippen molar-refractivity contribution in [2.75, 3.05) is 0 Å². The molecule has 1 aromatic carbocycles. The summed E-state index contributed by atoms with van der Waals surface area (Å²) in [6.07, 6.45) is 0. The topological polar surface area (TPSA) is 95.2 Å². The minimum Gasteiger partial charge on any atom is -0.478 e. The molecule has 1 unspecified atom stereocenters. The molecule has 0 saturated heterocycles. The summed E-state index contributed by atoms with van der Waals surface area (Å²) in [5, 5.41) is 16.3. The van der Waals surface area contributed by atoms with Crippen LogP contribution in [0.3, 0.4) is 0 Å². The molecule has 17 heavy (non-hydrogen) atoms. The first-order chi connectivity index (χ1) is 7.80. The van der Waals surface area contributed by atoms with Crippen molar-refractivity contribution in [1.29, 1.82) is 5.26 Å². The fourth-order valence-electron chi connectivity index (χ4n) is 1.30. The first kappa shape index (κ1) is 13.2. The fraction of sp³-hybridized carbons (Fsp3) is 0.273. The monoisotopic (exact) mass is 253 g/mol. The second-order valence-corrected chi connectivity index (χ2v) is 5.84. The number of rotatable bonds is 3. The Hall–Kier alpha value is -1.87. The summed E-state index contributed by atoms with van der Waals surface area (Å²) in [6, 6.07) is 5.47. The highest BCUT2D eigenvalue weighted by Crippen LogP contribution is 2.21. The Kier molecular flexibility index (Phi) is 3.53. The third-order valence-corrected chi connectivity index (χ3v) is 4.48. The van der Waals surface area contributed by atoms with Crippen LogP contribution in [0, 0.1) is 18.3 Å². The molecule has 5 nitrogen and oxygen atoms in total. The van der Waals surface area contributed by atoms with Crippen LogP contribution in [-0.4, -0.2) is 24.7 Å². The minimum atomic E-state index is -3.80. The van der Waals surface area contributed by atoms with Gasteiger partial charge in [-0.2, -0.15) is 5.26 Å². The fourth-order valence-corrected chi connectivity index (χ4v) is 2.63. The van der Waals surface area contributed by atoms with Gasteiger partial charge in [0.15, 0.2) is 9.84 Å². The van der Waals surface area contributed by atoms with E-state index >= 15 is 0 Å². The first-order valence-electron chi connectivity index (χ1n) is 4.78. The van der Waals surface area contributed by atoms with Crippen LogP contribution in [0.15, 0.2) is 23.1 Å². The summed E-state index contributed by atoms with van der Waals surface area (Å²) in [7, 11) is -3.80. The van der Waals surface area contributed by atoms with Gasteiger partial charge in [-0.05, 0) is 31.5 Å². The van der Waals surface area contributed by atoms with Gasteiger partial charge in [0, 0.05) is 0 Å². The number of aryl methyl sites for hydroxylation is 1. The number of nitrogens with zero attached hydrogens (tertiary/aromatic N) is 1. The molecule has 1 rings (SSSR count). The Bertz CT molecular complexity index is 598. The maximum absolute atomic E-state index is 11.9. The quantitative estimate of drug-likeness (QED) is 0.877. The lowest BCUT2D eigenvalue weighted by atomic mass is 10.1. The van der Waals surface area contributed by atoms with E-state index in [1.54, 1.807) is 13.0 Å². The molecule has 0 aliphatic heterocycles. The molecule has 1 atom stereocenters. The van der Waals surface area contributed by atoms with Crippen LogP contribution < -0.4 is 0 Å². The van der Waals surface area contributed by atoms with Gasteiger partial charge in [-0.25, -0.2) is 13.2 Å². The molecule has 0 heterocycles. The Balaban J connectivity index is 3.47. The van der Waals surface area contributed by atoms with Crippen LogP contribution >= 0.6 is 0 Å². The molecule has 90 valence electrons. The van der Waals surface area contributed by atoms with Crippen molar-refractivity contribution in [3.05, 3.63) is 29.3 Å². The molecule has 1 aromatic rings. The van der Waals surface area contributed by atoms with Crippen LogP contribution in [0.1, 0.15) is 22.8 Å². The molecular weight excluding hydrogens is 242 g/mol. The lowest BCUT2D eigenvalue weighted by Crippen LogP contribution is -2.17. The Morgan fingerprint density at radius 2 is 2.06 bits per heavy atom. The molecule has 0 saturated carbocycles. The maximum Gasteiger partial charge on any atom is 0.335 e. The van der Waals surface area contributed by atoms with Gasteiger partial charge in [-0.15, -0.1) is 0 Å². The lowest BCUT2D eigenvalue weighted by molar-refractivity contribution is 0.0696. The summed E-state index contributed by atoms with van der Waals surface area (Å²) in [4.78, 5) is 10.7. The van der Waals surface area contributed by atoms with Crippen molar-refractivity contribution in [1.82, 2.24) is 0 Å². The Morgan fingerprint density at radius 3 is 2.53 bits per heavy atom. The van der Waals surface area contributed by atoms with Crippen molar-refractivity contribution in [3.63, 3.8) is 0 Å². The van der Waals surface area contributed by atoms with E-state index in [9.17, 15) is 13.2 Å². The van der Waals surface area contributed by atoms with Gasteiger partial charge in [-0.1, -0.05) is 6.07 Å². The minimum absolute atomic E-state index is 0.105.